The van der Waals surface area contributed by atoms with Crippen LogP contribution < -0.4 is 0 Å². The van der Waals surface area contributed by atoms with Crippen molar-refractivity contribution in [2.45, 2.75) is 31.9 Å². The Morgan fingerprint density at radius 2 is 1.93 bits per heavy atom. The summed E-state index contributed by atoms with van der Waals surface area (Å²) in [6.07, 6.45) is 10.1. The zero-order valence-electron chi connectivity index (χ0n) is 16.8. The molecule has 0 aromatic carbocycles. The average Bonchev–Trinajstić information content (AvgIpc) is 2.94. The van der Waals surface area contributed by atoms with Crippen LogP contribution in [0.1, 0.15) is 19.8 Å². The van der Waals surface area contributed by atoms with E-state index in [0.717, 1.165) is 37.8 Å². The predicted molar refractivity (Wildman–Crippen MR) is 105 cm³/mol. The van der Waals surface area contributed by atoms with Crippen LogP contribution in [-0.4, -0.2) is 71.0 Å². The summed E-state index contributed by atoms with van der Waals surface area (Å²) in [5, 5.41) is 7.42. The van der Waals surface area contributed by atoms with Crippen molar-refractivity contribution in [3.63, 3.8) is 0 Å². The maximum Gasteiger partial charge on any atom is 0.300 e. The Bertz CT molecular complexity index is 741. The number of carboxylic acid groups (broad SMARTS) is 1. The molecule has 3 aliphatic carbocycles. The SMILES string of the molecule is CC(=O)O.COC1=C2O[C@H]3C(=O)C=C[C@H]4[C@H]5CC(C=C1)C2[C@@]34CCN5C.O.O.O. The van der Waals surface area contributed by atoms with Gasteiger partial charge in [0, 0.05) is 30.2 Å². The second-order valence-corrected chi connectivity index (χ2v) is 7.88. The van der Waals surface area contributed by atoms with Crippen LogP contribution in [0.3, 0.4) is 0 Å². The van der Waals surface area contributed by atoms with Gasteiger partial charge in [-0.05, 0) is 44.5 Å². The van der Waals surface area contributed by atoms with Gasteiger partial charge in [-0.3, -0.25) is 9.59 Å². The molecule has 164 valence electrons. The molecule has 6 atom stereocenters. The molecule has 0 amide bonds. The average molecular weight is 413 g/mol. The maximum absolute atomic E-state index is 12.6. The van der Waals surface area contributed by atoms with E-state index in [1.54, 1.807) is 13.2 Å². The number of carbonyl (C=O) groups is 2. The summed E-state index contributed by atoms with van der Waals surface area (Å²) in [7, 11) is 3.91. The monoisotopic (exact) mass is 413 g/mol. The van der Waals surface area contributed by atoms with Gasteiger partial charge in [-0.1, -0.05) is 12.2 Å². The zero-order chi connectivity index (χ0) is 18.6. The summed E-state index contributed by atoms with van der Waals surface area (Å²) in [5.74, 6) is 2.23. The van der Waals surface area contributed by atoms with E-state index in [0.29, 0.717) is 23.8 Å². The number of piperidine rings is 1. The summed E-state index contributed by atoms with van der Waals surface area (Å²) in [4.78, 5) is 24.0. The lowest BCUT2D eigenvalue weighted by molar-refractivity contribution is -0.140. The quantitative estimate of drug-likeness (QED) is 0.608. The number of ketones is 1. The number of aliphatic carboxylic acids is 1. The third kappa shape index (κ3) is 3.38. The van der Waals surface area contributed by atoms with Crippen molar-refractivity contribution in [2.24, 2.45) is 23.2 Å². The van der Waals surface area contributed by atoms with E-state index >= 15 is 0 Å². The van der Waals surface area contributed by atoms with E-state index in [2.05, 4.69) is 24.1 Å². The van der Waals surface area contributed by atoms with Gasteiger partial charge < -0.3 is 35.9 Å². The number of nitrogens with zero attached hydrogens (tertiary/aromatic N) is 1. The lowest BCUT2D eigenvalue weighted by Crippen LogP contribution is -2.64. The van der Waals surface area contributed by atoms with Gasteiger partial charge in [0.05, 0.1) is 7.11 Å². The Morgan fingerprint density at radius 3 is 2.55 bits per heavy atom. The van der Waals surface area contributed by atoms with Gasteiger partial charge in [0.1, 0.15) is 5.76 Å². The number of allylic oxidation sites excluding steroid dienone is 3. The minimum Gasteiger partial charge on any atom is -0.493 e. The van der Waals surface area contributed by atoms with Gasteiger partial charge in [-0.2, -0.15) is 0 Å². The Kier molecular flexibility index (Phi) is 7.42. The molecule has 9 heteroatoms. The van der Waals surface area contributed by atoms with Crippen LogP contribution in [0, 0.1) is 23.2 Å². The zero-order valence-corrected chi connectivity index (χ0v) is 16.8. The van der Waals surface area contributed by atoms with Crippen LogP contribution >= 0.6 is 0 Å². The highest BCUT2D eigenvalue weighted by molar-refractivity contribution is 5.96. The van der Waals surface area contributed by atoms with Gasteiger partial charge in [-0.25, -0.2) is 0 Å². The first-order valence-corrected chi connectivity index (χ1v) is 9.15. The Hall–Kier alpha value is -2.20. The first kappa shape index (κ1) is 24.8. The van der Waals surface area contributed by atoms with Gasteiger partial charge in [-0.15, -0.1) is 0 Å². The summed E-state index contributed by atoms with van der Waals surface area (Å²) >= 11 is 0. The van der Waals surface area contributed by atoms with Gasteiger partial charge >= 0.3 is 0 Å². The number of likely N-dealkylation sites (tertiary alicyclic amines) is 1. The molecule has 2 bridgehead atoms. The predicted octanol–water partition coefficient (Wildman–Crippen LogP) is -0.488. The molecule has 7 N–H and O–H groups in total. The van der Waals surface area contributed by atoms with Gasteiger partial charge in [0.25, 0.3) is 5.97 Å². The molecule has 1 saturated carbocycles. The minimum absolute atomic E-state index is 0. The number of carbonyl (C=O) groups excluding carboxylic acids is 1. The summed E-state index contributed by atoms with van der Waals surface area (Å²) in [6, 6.07) is 0.513. The van der Waals surface area contributed by atoms with E-state index in [4.69, 9.17) is 19.4 Å². The maximum atomic E-state index is 12.6. The first-order chi connectivity index (χ1) is 12.4. The number of ether oxygens (including phenoxy) is 2. The van der Waals surface area contributed by atoms with Crippen molar-refractivity contribution >= 4 is 11.8 Å². The lowest BCUT2D eigenvalue weighted by Gasteiger charge is -2.59. The van der Waals surface area contributed by atoms with E-state index in [-0.39, 0.29) is 33.7 Å². The molecule has 5 aliphatic rings. The van der Waals surface area contributed by atoms with Crippen molar-refractivity contribution in [3.8, 4) is 0 Å². The molecule has 29 heavy (non-hydrogen) atoms. The van der Waals surface area contributed by atoms with Crippen molar-refractivity contribution in [1.82, 2.24) is 4.90 Å². The Morgan fingerprint density at radius 1 is 1.28 bits per heavy atom. The molecule has 1 spiro atoms. The molecule has 2 heterocycles. The molecule has 5 rings (SSSR count). The van der Waals surface area contributed by atoms with Crippen LogP contribution in [0.15, 0.2) is 35.8 Å². The number of methoxy groups -OCH3 is 1. The van der Waals surface area contributed by atoms with Crippen molar-refractivity contribution in [3.05, 3.63) is 35.8 Å². The van der Waals surface area contributed by atoms with Crippen LogP contribution in [0.25, 0.3) is 0 Å². The van der Waals surface area contributed by atoms with Crippen LogP contribution in [0.4, 0.5) is 0 Å². The molecule has 2 unspecified atom stereocenters. The van der Waals surface area contributed by atoms with Crippen LogP contribution in [-0.2, 0) is 19.1 Å². The highest BCUT2D eigenvalue weighted by atomic mass is 16.5. The summed E-state index contributed by atoms with van der Waals surface area (Å²) in [6.45, 7) is 2.13. The minimum atomic E-state index is -0.833. The number of hydrogen-bond acceptors (Lipinski definition) is 5. The molecule has 0 radical (unpaired) electrons. The second-order valence-electron chi connectivity index (χ2n) is 7.88. The van der Waals surface area contributed by atoms with E-state index in [1.165, 1.54) is 0 Å². The Labute approximate surface area is 169 Å². The fraction of sp³-hybridized carbons (Fsp3) is 0.600. The first-order valence-electron chi connectivity index (χ1n) is 9.15. The molecule has 2 saturated heterocycles. The van der Waals surface area contributed by atoms with Crippen molar-refractivity contribution in [1.29, 1.82) is 0 Å². The highest BCUT2D eigenvalue weighted by Crippen LogP contribution is 2.66. The number of rotatable bonds is 1. The molecular formula is C20H31NO8. The summed E-state index contributed by atoms with van der Waals surface area (Å²) < 4.78 is 11.8. The number of hydrogen-bond donors (Lipinski definition) is 1. The third-order valence-electron chi connectivity index (χ3n) is 6.72. The Balaban J connectivity index is 0.000000556. The molecule has 2 aliphatic heterocycles. The smallest absolute Gasteiger partial charge is 0.300 e. The normalized spacial score (nSPS) is 37.5. The van der Waals surface area contributed by atoms with E-state index in [9.17, 15) is 4.79 Å². The third-order valence-corrected chi connectivity index (χ3v) is 6.72. The fourth-order valence-corrected chi connectivity index (χ4v) is 5.83. The van der Waals surface area contributed by atoms with Crippen LogP contribution in [0.2, 0.25) is 0 Å². The van der Waals surface area contributed by atoms with E-state index < -0.39 is 5.97 Å². The largest absolute Gasteiger partial charge is 0.493 e. The van der Waals surface area contributed by atoms with Crippen molar-refractivity contribution < 1.29 is 40.6 Å². The fourth-order valence-electron chi connectivity index (χ4n) is 5.83. The molecular weight excluding hydrogens is 382 g/mol. The topological polar surface area (TPSA) is 171 Å². The van der Waals surface area contributed by atoms with Gasteiger partial charge in [0.2, 0.25) is 0 Å². The van der Waals surface area contributed by atoms with Crippen LogP contribution in [0.5, 0.6) is 0 Å². The lowest BCUT2D eigenvalue weighted by atomic mass is 9.48. The molecule has 3 fully saturated rings. The summed E-state index contributed by atoms with van der Waals surface area (Å²) in [5.41, 5.74) is -0.0597. The second kappa shape index (κ2) is 8.66. The molecule has 0 aromatic rings. The number of carboxylic acids is 1. The van der Waals surface area contributed by atoms with E-state index in [1.807, 2.05) is 6.08 Å². The standard InChI is InChI=1S/C18H21NO3.C2H4O2.3H2O/c1-19-8-7-18-11-4-5-13(20)17(18)22-16-14(21-2)6-3-10(15(16)18)9-12(11)19;1-2(3)4;;;/h3-6,10-12,15,17H,7-9H2,1-2H3;1H3,(H,3,4);3*1H2/t10?,11-,12+,15?,17-,18-;;;;/m0..../s1. The van der Waals surface area contributed by atoms with Gasteiger partial charge in [0.15, 0.2) is 17.6 Å². The van der Waals surface area contributed by atoms with Crippen molar-refractivity contribution in [2.75, 3.05) is 20.7 Å². The highest BCUT2D eigenvalue weighted by Gasteiger charge is 2.69. The molecule has 9 nitrogen and oxygen atoms in total. The molecule has 0 aromatic heterocycles.